The van der Waals surface area contributed by atoms with Gasteiger partial charge in [-0.15, -0.1) is 0 Å². The van der Waals surface area contributed by atoms with Gasteiger partial charge in [-0.2, -0.15) is 0 Å². The molecule has 2 rings (SSSR count). The molecule has 1 aliphatic rings. The summed E-state index contributed by atoms with van der Waals surface area (Å²) in [7, 11) is 0. The zero-order valence-corrected chi connectivity index (χ0v) is 12.5. The molecule has 3 nitrogen and oxygen atoms in total. The fourth-order valence-corrected chi connectivity index (χ4v) is 2.79. The van der Waals surface area contributed by atoms with E-state index in [1.54, 1.807) is 0 Å². The summed E-state index contributed by atoms with van der Waals surface area (Å²) in [6, 6.07) is 7.71. The highest BCUT2D eigenvalue weighted by atomic mass is 35.5. The third-order valence-electron chi connectivity index (χ3n) is 3.93. The molecule has 1 aliphatic carbocycles. The SMILES string of the molecule is O=C(CCCc1ccc(Cl)cc1)NCC1(O)CCCC1. The van der Waals surface area contributed by atoms with Crippen molar-refractivity contribution in [1.29, 1.82) is 0 Å². The lowest BCUT2D eigenvalue weighted by Crippen LogP contribution is -2.40. The first-order valence-electron chi connectivity index (χ1n) is 7.31. The smallest absolute Gasteiger partial charge is 0.220 e. The normalized spacial score (nSPS) is 17.1. The Hall–Kier alpha value is -1.06. The lowest BCUT2D eigenvalue weighted by Gasteiger charge is -2.22. The Morgan fingerprint density at radius 1 is 1.25 bits per heavy atom. The van der Waals surface area contributed by atoms with Gasteiger partial charge in [-0.1, -0.05) is 36.6 Å². The van der Waals surface area contributed by atoms with Gasteiger partial charge in [-0.05, 0) is 43.4 Å². The Kier molecular flexibility index (Phi) is 5.44. The fourth-order valence-electron chi connectivity index (χ4n) is 2.67. The molecule has 0 aromatic heterocycles. The number of benzene rings is 1. The molecule has 0 unspecified atom stereocenters. The number of halogens is 1. The largest absolute Gasteiger partial charge is 0.388 e. The summed E-state index contributed by atoms with van der Waals surface area (Å²) in [5, 5.41) is 13.7. The Labute approximate surface area is 125 Å². The topological polar surface area (TPSA) is 49.3 Å². The quantitative estimate of drug-likeness (QED) is 0.847. The van der Waals surface area contributed by atoms with Gasteiger partial charge >= 0.3 is 0 Å². The van der Waals surface area contributed by atoms with Crippen molar-refractivity contribution in [3.05, 3.63) is 34.9 Å². The van der Waals surface area contributed by atoms with E-state index in [1.165, 1.54) is 5.56 Å². The van der Waals surface area contributed by atoms with E-state index in [-0.39, 0.29) is 5.91 Å². The molecule has 110 valence electrons. The minimum absolute atomic E-state index is 0.0271. The van der Waals surface area contributed by atoms with Gasteiger partial charge in [-0.3, -0.25) is 4.79 Å². The molecule has 0 bridgehead atoms. The van der Waals surface area contributed by atoms with Crippen molar-refractivity contribution in [2.24, 2.45) is 0 Å². The average molecular weight is 296 g/mol. The summed E-state index contributed by atoms with van der Waals surface area (Å²) < 4.78 is 0. The van der Waals surface area contributed by atoms with Crippen LogP contribution in [0.3, 0.4) is 0 Å². The van der Waals surface area contributed by atoms with Crippen LogP contribution in [0.15, 0.2) is 24.3 Å². The zero-order valence-electron chi connectivity index (χ0n) is 11.7. The molecule has 0 heterocycles. The van der Waals surface area contributed by atoms with Crippen molar-refractivity contribution in [1.82, 2.24) is 5.32 Å². The second-order valence-electron chi connectivity index (χ2n) is 5.69. The number of amides is 1. The van der Waals surface area contributed by atoms with Crippen LogP contribution in [0, 0.1) is 0 Å². The van der Waals surface area contributed by atoms with Crippen LogP contribution in [0.25, 0.3) is 0 Å². The van der Waals surface area contributed by atoms with E-state index in [0.717, 1.165) is 43.5 Å². The molecule has 0 aliphatic heterocycles. The number of carbonyl (C=O) groups is 1. The number of hydrogen-bond donors (Lipinski definition) is 2. The molecule has 0 saturated heterocycles. The Balaban J connectivity index is 1.64. The second kappa shape index (κ2) is 7.09. The Morgan fingerprint density at radius 2 is 1.90 bits per heavy atom. The number of aryl methyl sites for hydroxylation is 1. The van der Waals surface area contributed by atoms with E-state index in [0.29, 0.717) is 13.0 Å². The summed E-state index contributed by atoms with van der Waals surface area (Å²) >= 11 is 5.82. The molecule has 4 heteroatoms. The van der Waals surface area contributed by atoms with E-state index in [4.69, 9.17) is 11.6 Å². The summed E-state index contributed by atoms with van der Waals surface area (Å²) in [5.74, 6) is 0.0271. The molecule has 0 radical (unpaired) electrons. The minimum Gasteiger partial charge on any atom is -0.388 e. The van der Waals surface area contributed by atoms with Gasteiger partial charge in [0.1, 0.15) is 0 Å². The van der Waals surface area contributed by atoms with Crippen LogP contribution in [0.5, 0.6) is 0 Å². The van der Waals surface area contributed by atoms with Gasteiger partial charge < -0.3 is 10.4 Å². The Morgan fingerprint density at radius 3 is 2.55 bits per heavy atom. The zero-order chi connectivity index (χ0) is 14.4. The molecule has 1 aromatic rings. The average Bonchev–Trinajstić information content (AvgIpc) is 2.86. The van der Waals surface area contributed by atoms with Crippen LogP contribution in [-0.2, 0) is 11.2 Å². The van der Waals surface area contributed by atoms with Crippen LogP contribution in [0.2, 0.25) is 5.02 Å². The predicted molar refractivity (Wildman–Crippen MR) is 80.8 cm³/mol. The second-order valence-corrected chi connectivity index (χ2v) is 6.12. The predicted octanol–water partition coefficient (Wildman–Crippen LogP) is 3.08. The number of rotatable bonds is 6. The monoisotopic (exact) mass is 295 g/mol. The van der Waals surface area contributed by atoms with Gasteiger partial charge in [-0.25, -0.2) is 0 Å². The molecular weight excluding hydrogens is 274 g/mol. The van der Waals surface area contributed by atoms with Gasteiger partial charge in [0.05, 0.1) is 5.60 Å². The van der Waals surface area contributed by atoms with Gasteiger partial charge in [0.15, 0.2) is 0 Å². The third kappa shape index (κ3) is 4.80. The molecule has 1 aromatic carbocycles. The lowest BCUT2D eigenvalue weighted by molar-refractivity contribution is -0.122. The van der Waals surface area contributed by atoms with Crippen molar-refractivity contribution < 1.29 is 9.90 Å². The highest BCUT2D eigenvalue weighted by Gasteiger charge is 2.31. The van der Waals surface area contributed by atoms with Crippen LogP contribution in [-0.4, -0.2) is 23.2 Å². The molecule has 0 atom stereocenters. The van der Waals surface area contributed by atoms with Crippen molar-refractivity contribution in [2.45, 2.75) is 50.5 Å². The van der Waals surface area contributed by atoms with E-state index in [9.17, 15) is 9.90 Å². The molecular formula is C16H22ClNO2. The van der Waals surface area contributed by atoms with Crippen LogP contribution >= 0.6 is 11.6 Å². The van der Waals surface area contributed by atoms with E-state index >= 15 is 0 Å². The summed E-state index contributed by atoms with van der Waals surface area (Å²) in [6.07, 6.45) is 5.90. The molecule has 2 N–H and O–H groups in total. The van der Waals surface area contributed by atoms with E-state index < -0.39 is 5.60 Å². The first kappa shape index (κ1) is 15.3. The van der Waals surface area contributed by atoms with Crippen molar-refractivity contribution in [2.75, 3.05) is 6.54 Å². The number of carbonyl (C=O) groups excluding carboxylic acids is 1. The van der Waals surface area contributed by atoms with Crippen molar-refractivity contribution >= 4 is 17.5 Å². The van der Waals surface area contributed by atoms with Crippen LogP contribution in [0.4, 0.5) is 0 Å². The highest BCUT2D eigenvalue weighted by Crippen LogP contribution is 2.28. The molecule has 1 saturated carbocycles. The fraction of sp³-hybridized carbons (Fsp3) is 0.562. The first-order valence-corrected chi connectivity index (χ1v) is 7.69. The summed E-state index contributed by atoms with van der Waals surface area (Å²) in [4.78, 5) is 11.7. The maximum atomic E-state index is 11.7. The molecule has 20 heavy (non-hydrogen) atoms. The number of nitrogens with one attached hydrogen (secondary N) is 1. The Bertz CT molecular complexity index is 438. The van der Waals surface area contributed by atoms with Crippen LogP contribution in [0.1, 0.15) is 44.1 Å². The summed E-state index contributed by atoms with van der Waals surface area (Å²) in [5.41, 5.74) is 0.530. The van der Waals surface area contributed by atoms with E-state index in [2.05, 4.69) is 5.32 Å². The van der Waals surface area contributed by atoms with Crippen molar-refractivity contribution in [3.63, 3.8) is 0 Å². The van der Waals surface area contributed by atoms with Gasteiger partial charge in [0, 0.05) is 18.0 Å². The third-order valence-corrected chi connectivity index (χ3v) is 4.18. The lowest BCUT2D eigenvalue weighted by atomic mass is 10.0. The number of hydrogen-bond acceptors (Lipinski definition) is 2. The maximum absolute atomic E-state index is 11.7. The highest BCUT2D eigenvalue weighted by molar-refractivity contribution is 6.30. The first-order chi connectivity index (χ1) is 9.57. The van der Waals surface area contributed by atoms with E-state index in [1.807, 2.05) is 24.3 Å². The van der Waals surface area contributed by atoms with Crippen LogP contribution < -0.4 is 5.32 Å². The van der Waals surface area contributed by atoms with Crippen molar-refractivity contribution in [3.8, 4) is 0 Å². The standard InChI is InChI=1S/C16H22ClNO2/c17-14-8-6-13(7-9-14)4-3-5-15(19)18-12-16(20)10-1-2-11-16/h6-9,20H,1-5,10-12H2,(H,18,19). The maximum Gasteiger partial charge on any atom is 0.220 e. The molecule has 1 amide bonds. The molecule has 1 fully saturated rings. The summed E-state index contributed by atoms with van der Waals surface area (Å²) in [6.45, 7) is 0.396. The number of aliphatic hydroxyl groups is 1. The minimum atomic E-state index is -0.661. The van der Waals surface area contributed by atoms with Gasteiger partial charge in [0.25, 0.3) is 0 Å². The van der Waals surface area contributed by atoms with Gasteiger partial charge in [0.2, 0.25) is 5.91 Å². The molecule has 0 spiro atoms.